The molecule has 0 bridgehead atoms. The number of thiophene rings is 1. The molecule has 15 heavy (non-hydrogen) atoms. The maximum Gasteiger partial charge on any atom is 0.0661 e. The van der Waals surface area contributed by atoms with Crippen LogP contribution in [0.1, 0.15) is 22.2 Å². The first-order valence-corrected chi connectivity index (χ1v) is 6.26. The van der Waals surface area contributed by atoms with Crippen LogP contribution in [-0.2, 0) is 0 Å². The van der Waals surface area contributed by atoms with Gasteiger partial charge in [0.25, 0.3) is 0 Å². The Morgan fingerprint density at radius 3 is 2.80 bits per heavy atom. The van der Waals surface area contributed by atoms with Gasteiger partial charge in [0.05, 0.1) is 6.04 Å². The summed E-state index contributed by atoms with van der Waals surface area (Å²) < 4.78 is 1.08. The first kappa shape index (κ1) is 10.8. The molecule has 2 heterocycles. The van der Waals surface area contributed by atoms with E-state index < -0.39 is 0 Å². The Morgan fingerprint density at radius 1 is 1.47 bits per heavy atom. The molecule has 0 spiro atoms. The molecule has 0 aliphatic rings. The largest absolute Gasteiger partial charge is 0.320 e. The zero-order valence-electron chi connectivity index (χ0n) is 8.27. The van der Waals surface area contributed by atoms with Crippen LogP contribution in [0.4, 0.5) is 0 Å². The van der Waals surface area contributed by atoms with Gasteiger partial charge in [0, 0.05) is 26.6 Å². The molecule has 0 aliphatic carbocycles. The standard InChI is InChI=1S/C11H11BrN2S/c1-7-2-3-8(5-14-7)11(13)10-4-9(12)6-15-10/h2-6,11H,13H2,1H3. The predicted octanol–water partition coefficient (Wildman–Crippen LogP) is 3.26. The Kier molecular flexibility index (Phi) is 3.19. The van der Waals surface area contributed by atoms with Crippen molar-refractivity contribution in [3.8, 4) is 0 Å². The number of hydrogen-bond acceptors (Lipinski definition) is 3. The fourth-order valence-corrected chi connectivity index (χ4v) is 2.79. The van der Waals surface area contributed by atoms with E-state index in [1.807, 2.05) is 30.6 Å². The molecule has 0 amide bonds. The second-order valence-electron chi connectivity index (χ2n) is 3.38. The van der Waals surface area contributed by atoms with E-state index in [0.29, 0.717) is 0 Å². The van der Waals surface area contributed by atoms with Crippen LogP contribution in [0, 0.1) is 6.92 Å². The SMILES string of the molecule is Cc1ccc(C(N)c2cc(Br)cs2)cn1. The van der Waals surface area contributed by atoms with E-state index in [9.17, 15) is 0 Å². The topological polar surface area (TPSA) is 38.9 Å². The normalized spacial score (nSPS) is 12.7. The summed E-state index contributed by atoms with van der Waals surface area (Å²) in [5.41, 5.74) is 8.19. The predicted molar refractivity (Wildman–Crippen MR) is 67.0 cm³/mol. The van der Waals surface area contributed by atoms with Gasteiger partial charge in [0.15, 0.2) is 0 Å². The van der Waals surface area contributed by atoms with Crippen LogP contribution in [0.15, 0.2) is 34.2 Å². The van der Waals surface area contributed by atoms with Crippen LogP contribution < -0.4 is 5.73 Å². The molecule has 2 nitrogen and oxygen atoms in total. The summed E-state index contributed by atoms with van der Waals surface area (Å²) in [6.07, 6.45) is 1.84. The summed E-state index contributed by atoms with van der Waals surface area (Å²) in [5, 5.41) is 2.04. The Bertz CT molecular complexity index is 450. The van der Waals surface area contributed by atoms with E-state index in [0.717, 1.165) is 20.6 Å². The fourth-order valence-electron chi connectivity index (χ4n) is 1.32. The Morgan fingerprint density at radius 2 is 2.27 bits per heavy atom. The second-order valence-corrected chi connectivity index (χ2v) is 5.24. The minimum Gasteiger partial charge on any atom is -0.320 e. The Hall–Kier alpha value is -0.710. The molecule has 0 saturated heterocycles. The van der Waals surface area contributed by atoms with Crippen LogP contribution in [0.5, 0.6) is 0 Å². The highest BCUT2D eigenvalue weighted by Crippen LogP contribution is 2.27. The van der Waals surface area contributed by atoms with Crippen molar-refractivity contribution in [1.29, 1.82) is 0 Å². The molecule has 0 aromatic carbocycles. The fraction of sp³-hybridized carbons (Fsp3) is 0.182. The van der Waals surface area contributed by atoms with Crippen molar-refractivity contribution >= 4 is 27.3 Å². The minimum absolute atomic E-state index is 0.0746. The monoisotopic (exact) mass is 282 g/mol. The van der Waals surface area contributed by atoms with E-state index in [1.165, 1.54) is 0 Å². The summed E-state index contributed by atoms with van der Waals surface area (Å²) in [4.78, 5) is 5.39. The molecule has 0 radical (unpaired) electrons. The number of nitrogens with zero attached hydrogens (tertiary/aromatic N) is 1. The number of halogens is 1. The van der Waals surface area contributed by atoms with Gasteiger partial charge in [-0.15, -0.1) is 11.3 Å². The quantitative estimate of drug-likeness (QED) is 0.918. The van der Waals surface area contributed by atoms with Gasteiger partial charge in [-0.3, -0.25) is 4.98 Å². The zero-order chi connectivity index (χ0) is 10.8. The highest BCUT2D eigenvalue weighted by molar-refractivity contribution is 9.10. The van der Waals surface area contributed by atoms with E-state index >= 15 is 0 Å². The van der Waals surface area contributed by atoms with Gasteiger partial charge < -0.3 is 5.73 Å². The summed E-state index contributed by atoms with van der Waals surface area (Å²) in [6, 6.07) is 5.99. The molecule has 2 aromatic heterocycles. The lowest BCUT2D eigenvalue weighted by Gasteiger charge is -2.09. The number of nitrogens with two attached hydrogens (primary N) is 1. The zero-order valence-corrected chi connectivity index (χ0v) is 10.7. The summed E-state index contributed by atoms with van der Waals surface area (Å²) in [5.74, 6) is 0. The van der Waals surface area contributed by atoms with Crippen molar-refractivity contribution in [2.75, 3.05) is 0 Å². The molecule has 2 N–H and O–H groups in total. The van der Waals surface area contributed by atoms with Crippen molar-refractivity contribution in [2.45, 2.75) is 13.0 Å². The van der Waals surface area contributed by atoms with E-state index in [1.54, 1.807) is 11.3 Å². The molecule has 1 atom stereocenters. The van der Waals surface area contributed by atoms with Crippen molar-refractivity contribution in [2.24, 2.45) is 5.73 Å². The molecule has 0 saturated carbocycles. The number of rotatable bonds is 2. The molecule has 1 unspecified atom stereocenters. The first-order chi connectivity index (χ1) is 7.16. The molecule has 2 rings (SSSR count). The third kappa shape index (κ3) is 2.45. The minimum atomic E-state index is -0.0746. The highest BCUT2D eigenvalue weighted by Gasteiger charge is 2.10. The van der Waals surface area contributed by atoms with Gasteiger partial charge in [0.2, 0.25) is 0 Å². The summed E-state index contributed by atoms with van der Waals surface area (Å²) in [7, 11) is 0. The van der Waals surface area contributed by atoms with Gasteiger partial charge in [-0.1, -0.05) is 6.07 Å². The van der Waals surface area contributed by atoms with Crippen LogP contribution in [0.3, 0.4) is 0 Å². The third-order valence-corrected chi connectivity index (χ3v) is 3.96. The number of aromatic nitrogens is 1. The number of pyridine rings is 1. The molecular weight excluding hydrogens is 272 g/mol. The number of aryl methyl sites for hydroxylation is 1. The smallest absolute Gasteiger partial charge is 0.0661 e. The van der Waals surface area contributed by atoms with Crippen LogP contribution >= 0.6 is 27.3 Å². The van der Waals surface area contributed by atoms with Crippen molar-refractivity contribution < 1.29 is 0 Å². The van der Waals surface area contributed by atoms with Crippen LogP contribution in [0.2, 0.25) is 0 Å². The maximum absolute atomic E-state index is 6.13. The third-order valence-electron chi connectivity index (χ3n) is 2.19. The average molecular weight is 283 g/mol. The van der Waals surface area contributed by atoms with E-state index in [-0.39, 0.29) is 6.04 Å². The highest BCUT2D eigenvalue weighted by atomic mass is 79.9. The molecule has 78 valence electrons. The second kappa shape index (κ2) is 4.43. The van der Waals surface area contributed by atoms with Gasteiger partial charge in [-0.05, 0) is 40.5 Å². The number of hydrogen-bond donors (Lipinski definition) is 1. The van der Waals surface area contributed by atoms with E-state index in [2.05, 4.69) is 27.0 Å². The van der Waals surface area contributed by atoms with Crippen molar-refractivity contribution in [3.63, 3.8) is 0 Å². The van der Waals surface area contributed by atoms with Gasteiger partial charge in [0.1, 0.15) is 0 Å². The molecule has 0 aliphatic heterocycles. The van der Waals surface area contributed by atoms with Crippen molar-refractivity contribution in [1.82, 2.24) is 4.98 Å². The lowest BCUT2D eigenvalue weighted by molar-refractivity contribution is 0.880. The van der Waals surface area contributed by atoms with Crippen LogP contribution in [0.25, 0.3) is 0 Å². The van der Waals surface area contributed by atoms with Gasteiger partial charge in [-0.2, -0.15) is 0 Å². The van der Waals surface area contributed by atoms with Crippen molar-refractivity contribution in [3.05, 3.63) is 50.4 Å². The summed E-state index contributed by atoms with van der Waals surface area (Å²) >= 11 is 5.08. The van der Waals surface area contributed by atoms with Gasteiger partial charge >= 0.3 is 0 Å². The average Bonchev–Trinajstić information content (AvgIpc) is 2.65. The lowest BCUT2D eigenvalue weighted by Crippen LogP contribution is -2.10. The van der Waals surface area contributed by atoms with Gasteiger partial charge in [-0.25, -0.2) is 0 Å². The molecular formula is C11H11BrN2S. The maximum atomic E-state index is 6.13. The molecule has 2 aromatic rings. The lowest BCUT2D eigenvalue weighted by atomic mass is 10.1. The Labute approximate surface area is 101 Å². The van der Waals surface area contributed by atoms with Crippen LogP contribution in [-0.4, -0.2) is 4.98 Å². The summed E-state index contributed by atoms with van der Waals surface area (Å²) in [6.45, 7) is 1.97. The first-order valence-electron chi connectivity index (χ1n) is 4.59. The molecule has 0 fully saturated rings. The van der Waals surface area contributed by atoms with E-state index in [4.69, 9.17) is 5.73 Å². The Balaban J connectivity index is 2.28. The molecule has 4 heteroatoms.